The van der Waals surface area contributed by atoms with Gasteiger partial charge in [0.15, 0.2) is 17.4 Å². The maximum Gasteiger partial charge on any atom is 0.320 e. The van der Waals surface area contributed by atoms with Crippen molar-refractivity contribution in [3.05, 3.63) is 33.9 Å². The molecule has 1 rings (SSSR count). The normalized spacial score (nSPS) is 11.6. The van der Waals surface area contributed by atoms with Crippen molar-refractivity contribution in [3.63, 3.8) is 0 Å². The molecule has 0 N–H and O–H groups in total. The lowest BCUT2D eigenvalue weighted by molar-refractivity contribution is -0.484. The first-order valence-corrected chi connectivity index (χ1v) is 8.06. The van der Waals surface area contributed by atoms with Gasteiger partial charge in [-0.15, -0.1) is 0 Å². The number of carbonyl (C=O) groups is 2. The highest BCUT2D eigenvalue weighted by molar-refractivity contribution is 5.96. The van der Waals surface area contributed by atoms with Gasteiger partial charge in [-0.25, -0.2) is 0 Å². The molecular formula is C17H23NO8. The SMILES string of the molecule is CCOc1ccc([C@H](C[N+](=O)[O-])C(C(=O)OC)C(=O)OC)cc1OCC. The number of methoxy groups -OCH3 is 2. The Morgan fingerprint density at radius 3 is 2.04 bits per heavy atom. The molecule has 0 saturated carbocycles. The molecule has 26 heavy (non-hydrogen) atoms. The van der Waals surface area contributed by atoms with Crippen molar-refractivity contribution < 1.29 is 33.5 Å². The third-order valence-electron chi connectivity index (χ3n) is 3.65. The number of hydrogen-bond donors (Lipinski definition) is 0. The van der Waals surface area contributed by atoms with Crippen molar-refractivity contribution in [1.82, 2.24) is 0 Å². The van der Waals surface area contributed by atoms with E-state index in [0.717, 1.165) is 14.2 Å². The van der Waals surface area contributed by atoms with E-state index >= 15 is 0 Å². The van der Waals surface area contributed by atoms with Gasteiger partial charge >= 0.3 is 11.9 Å². The van der Waals surface area contributed by atoms with E-state index in [0.29, 0.717) is 30.3 Å². The third-order valence-corrected chi connectivity index (χ3v) is 3.65. The molecule has 0 aliphatic carbocycles. The molecule has 0 bridgehead atoms. The molecule has 0 unspecified atom stereocenters. The first-order chi connectivity index (χ1) is 12.4. The average Bonchev–Trinajstić information content (AvgIpc) is 2.62. The van der Waals surface area contributed by atoms with E-state index in [1.54, 1.807) is 19.1 Å². The van der Waals surface area contributed by atoms with Gasteiger partial charge in [-0.2, -0.15) is 0 Å². The summed E-state index contributed by atoms with van der Waals surface area (Å²) >= 11 is 0. The molecule has 0 radical (unpaired) electrons. The summed E-state index contributed by atoms with van der Waals surface area (Å²) in [6, 6.07) is 4.67. The zero-order chi connectivity index (χ0) is 19.7. The molecule has 1 aromatic carbocycles. The molecular weight excluding hydrogens is 346 g/mol. The van der Waals surface area contributed by atoms with Crippen LogP contribution < -0.4 is 9.47 Å². The fourth-order valence-electron chi connectivity index (χ4n) is 2.54. The smallest absolute Gasteiger partial charge is 0.320 e. The van der Waals surface area contributed by atoms with E-state index in [1.807, 2.05) is 6.92 Å². The number of nitrogens with zero attached hydrogens (tertiary/aromatic N) is 1. The molecule has 0 aliphatic heterocycles. The minimum Gasteiger partial charge on any atom is -0.490 e. The highest BCUT2D eigenvalue weighted by Gasteiger charge is 2.41. The van der Waals surface area contributed by atoms with Gasteiger partial charge in [0, 0.05) is 4.92 Å². The average molecular weight is 369 g/mol. The van der Waals surface area contributed by atoms with Crippen molar-refractivity contribution in [2.75, 3.05) is 34.0 Å². The zero-order valence-electron chi connectivity index (χ0n) is 15.2. The van der Waals surface area contributed by atoms with Crippen LogP contribution in [-0.2, 0) is 19.1 Å². The molecule has 9 nitrogen and oxygen atoms in total. The minimum absolute atomic E-state index is 0.348. The van der Waals surface area contributed by atoms with E-state index in [-0.39, 0.29) is 0 Å². The monoisotopic (exact) mass is 369 g/mol. The van der Waals surface area contributed by atoms with Gasteiger partial charge in [0.1, 0.15) is 0 Å². The summed E-state index contributed by atoms with van der Waals surface area (Å²) in [6.07, 6.45) is 0. The lowest BCUT2D eigenvalue weighted by Crippen LogP contribution is -2.35. The third kappa shape index (κ3) is 5.33. The largest absolute Gasteiger partial charge is 0.490 e. The molecule has 0 aromatic heterocycles. The number of hydrogen-bond acceptors (Lipinski definition) is 8. The Morgan fingerprint density at radius 1 is 1.04 bits per heavy atom. The van der Waals surface area contributed by atoms with Gasteiger partial charge in [0.25, 0.3) is 0 Å². The summed E-state index contributed by atoms with van der Waals surface area (Å²) in [4.78, 5) is 34.7. The molecule has 0 fully saturated rings. The summed E-state index contributed by atoms with van der Waals surface area (Å²) in [5, 5.41) is 11.1. The van der Waals surface area contributed by atoms with Crippen LogP contribution in [0.5, 0.6) is 11.5 Å². The molecule has 0 aliphatic rings. The van der Waals surface area contributed by atoms with Crippen LogP contribution >= 0.6 is 0 Å². The van der Waals surface area contributed by atoms with Gasteiger partial charge < -0.3 is 18.9 Å². The van der Waals surface area contributed by atoms with Gasteiger partial charge in [-0.1, -0.05) is 6.07 Å². The molecule has 0 spiro atoms. The second-order valence-corrected chi connectivity index (χ2v) is 5.22. The first-order valence-electron chi connectivity index (χ1n) is 8.06. The Kier molecular flexibility index (Phi) is 8.33. The maximum atomic E-state index is 12.1. The van der Waals surface area contributed by atoms with Gasteiger partial charge in [0.2, 0.25) is 6.54 Å². The number of esters is 2. The number of benzene rings is 1. The predicted octanol–water partition coefficient (Wildman–Crippen LogP) is 1.81. The Hall–Kier alpha value is -2.84. The topological polar surface area (TPSA) is 114 Å². The summed E-state index contributed by atoms with van der Waals surface area (Å²) in [5.41, 5.74) is 0.370. The molecule has 1 atom stereocenters. The zero-order valence-corrected chi connectivity index (χ0v) is 15.2. The van der Waals surface area contributed by atoms with Crippen LogP contribution in [0.1, 0.15) is 25.3 Å². The summed E-state index contributed by atoms with van der Waals surface area (Å²) in [5.74, 6) is -3.53. The van der Waals surface area contributed by atoms with Crippen molar-refractivity contribution in [2.24, 2.45) is 5.92 Å². The van der Waals surface area contributed by atoms with Crippen LogP contribution in [0.2, 0.25) is 0 Å². The van der Waals surface area contributed by atoms with Crippen molar-refractivity contribution in [2.45, 2.75) is 19.8 Å². The van der Waals surface area contributed by atoms with Crippen LogP contribution in [0.25, 0.3) is 0 Å². The molecule has 9 heteroatoms. The lowest BCUT2D eigenvalue weighted by atomic mass is 9.85. The number of ether oxygens (including phenoxy) is 4. The Balaban J connectivity index is 3.42. The second kappa shape index (κ2) is 10.2. The number of carbonyl (C=O) groups excluding carboxylic acids is 2. The molecule has 144 valence electrons. The van der Waals surface area contributed by atoms with Gasteiger partial charge in [-0.05, 0) is 31.5 Å². The van der Waals surface area contributed by atoms with Crippen LogP contribution in [0.4, 0.5) is 0 Å². The minimum atomic E-state index is -1.47. The van der Waals surface area contributed by atoms with Crippen LogP contribution in [0.15, 0.2) is 18.2 Å². The van der Waals surface area contributed by atoms with Crippen LogP contribution in [-0.4, -0.2) is 50.8 Å². The fraction of sp³-hybridized carbons (Fsp3) is 0.529. The van der Waals surface area contributed by atoms with E-state index in [4.69, 9.17) is 9.47 Å². The molecule has 1 aromatic rings. The summed E-state index contributed by atoms with van der Waals surface area (Å²) in [6.45, 7) is 3.69. The second-order valence-electron chi connectivity index (χ2n) is 5.22. The number of rotatable bonds is 10. The maximum absolute atomic E-state index is 12.1. The summed E-state index contributed by atoms with van der Waals surface area (Å²) in [7, 11) is 2.20. The highest BCUT2D eigenvalue weighted by Crippen LogP contribution is 2.35. The summed E-state index contributed by atoms with van der Waals surface area (Å²) < 4.78 is 20.3. The first kappa shape index (κ1) is 21.2. The van der Waals surface area contributed by atoms with E-state index in [9.17, 15) is 19.7 Å². The molecule has 0 saturated heterocycles. The van der Waals surface area contributed by atoms with Crippen LogP contribution in [0.3, 0.4) is 0 Å². The molecule has 0 heterocycles. The van der Waals surface area contributed by atoms with Gasteiger partial charge in [-0.3, -0.25) is 19.7 Å². The quantitative estimate of drug-likeness (QED) is 0.265. The highest BCUT2D eigenvalue weighted by atomic mass is 16.6. The standard InChI is InChI=1S/C17H23NO8/c1-5-25-13-8-7-11(9-14(13)26-6-2)12(10-18(21)22)15(16(19)23-3)17(20)24-4/h7-9,12,15H,5-6,10H2,1-4H3/t12-/m0/s1. The van der Waals surface area contributed by atoms with Crippen molar-refractivity contribution in [3.8, 4) is 11.5 Å². The fourth-order valence-corrected chi connectivity index (χ4v) is 2.54. The van der Waals surface area contributed by atoms with E-state index in [2.05, 4.69) is 9.47 Å². The molecule has 0 amide bonds. The van der Waals surface area contributed by atoms with Crippen LogP contribution in [0, 0.1) is 16.0 Å². The number of nitro groups is 1. The van der Waals surface area contributed by atoms with E-state index < -0.39 is 35.2 Å². The Morgan fingerprint density at radius 2 is 1.58 bits per heavy atom. The Labute approximate surface area is 151 Å². The van der Waals surface area contributed by atoms with Gasteiger partial charge in [0.05, 0.1) is 33.4 Å². The Bertz CT molecular complexity index is 630. The van der Waals surface area contributed by atoms with Crippen molar-refractivity contribution in [1.29, 1.82) is 0 Å². The lowest BCUT2D eigenvalue weighted by Gasteiger charge is -2.22. The predicted molar refractivity (Wildman–Crippen MR) is 90.9 cm³/mol. The van der Waals surface area contributed by atoms with Crippen molar-refractivity contribution >= 4 is 11.9 Å². The van der Waals surface area contributed by atoms with E-state index in [1.165, 1.54) is 6.07 Å².